The summed E-state index contributed by atoms with van der Waals surface area (Å²) in [4.78, 5) is 15.2. The van der Waals surface area contributed by atoms with Gasteiger partial charge in [0.1, 0.15) is 5.69 Å². The number of aliphatic hydroxyl groups excluding tert-OH is 1. The molecule has 1 atom stereocenters. The minimum atomic E-state index is -0.234. The summed E-state index contributed by atoms with van der Waals surface area (Å²) >= 11 is 0. The summed E-state index contributed by atoms with van der Waals surface area (Å²) in [5.41, 5.74) is 0.486. The molecule has 0 saturated heterocycles. The number of carbonyl (C=O) groups is 1. The van der Waals surface area contributed by atoms with Crippen LogP contribution in [0.4, 0.5) is 0 Å². The maximum atomic E-state index is 11.4. The highest BCUT2D eigenvalue weighted by Gasteiger charge is 2.11. The maximum absolute atomic E-state index is 11.4. The molecule has 0 aliphatic heterocycles. The number of hydrogen-bond donors (Lipinski definition) is 2. The van der Waals surface area contributed by atoms with Gasteiger partial charge in [-0.1, -0.05) is 0 Å². The normalized spacial score (nSPS) is 12.5. The SMILES string of the molecule is C[C@@H](CO)NC(=O)c1cncn1C. The molecule has 0 bridgehead atoms. The third-order valence-corrected chi connectivity index (χ3v) is 1.70. The number of imidazole rings is 1. The highest BCUT2D eigenvalue weighted by atomic mass is 16.3. The fourth-order valence-corrected chi connectivity index (χ4v) is 0.919. The van der Waals surface area contributed by atoms with E-state index in [9.17, 15) is 4.79 Å². The molecule has 1 heterocycles. The maximum Gasteiger partial charge on any atom is 0.269 e. The van der Waals surface area contributed by atoms with E-state index in [-0.39, 0.29) is 18.6 Å². The van der Waals surface area contributed by atoms with Crippen LogP contribution in [0.15, 0.2) is 12.5 Å². The van der Waals surface area contributed by atoms with Gasteiger partial charge in [0, 0.05) is 13.1 Å². The number of amides is 1. The second-order valence-corrected chi connectivity index (χ2v) is 2.95. The Morgan fingerprint density at radius 3 is 3.00 bits per heavy atom. The van der Waals surface area contributed by atoms with Crippen molar-refractivity contribution in [3.8, 4) is 0 Å². The summed E-state index contributed by atoms with van der Waals surface area (Å²) in [7, 11) is 1.74. The Labute approximate surface area is 76.4 Å². The first-order valence-electron chi connectivity index (χ1n) is 4.03. The minimum absolute atomic E-state index is 0.0659. The van der Waals surface area contributed by atoms with Crippen molar-refractivity contribution >= 4 is 5.91 Å². The van der Waals surface area contributed by atoms with E-state index in [0.717, 1.165) is 0 Å². The van der Waals surface area contributed by atoms with Crippen molar-refractivity contribution in [1.82, 2.24) is 14.9 Å². The molecule has 0 aliphatic rings. The zero-order chi connectivity index (χ0) is 9.84. The molecule has 0 radical (unpaired) electrons. The average Bonchev–Trinajstić information content (AvgIpc) is 2.51. The lowest BCUT2D eigenvalue weighted by atomic mass is 10.3. The number of nitrogens with zero attached hydrogens (tertiary/aromatic N) is 2. The van der Waals surface area contributed by atoms with Crippen LogP contribution in [0, 0.1) is 0 Å². The lowest BCUT2D eigenvalue weighted by Crippen LogP contribution is -2.35. The second-order valence-electron chi connectivity index (χ2n) is 2.95. The van der Waals surface area contributed by atoms with Crippen molar-refractivity contribution in [2.24, 2.45) is 7.05 Å². The summed E-state index contributed by atoms with van der Waals surface area (Å²) in [6.07, 6.45) is 3.04. The first-order chi connectivity index (χ1) is 6.15. The molecule has 72 valence electrons. The summed E-state index contributed by atoms with van der Waals surface area (Å²) in [5.74, 6) is -0.221. The van der Waals surface area contributed by atoms with Gasteiger partial charge in [-0.05, 0) is 6.92 Å². The van der Waals surface area contributed by atoms with E-state index in [2.05, 4.69) is 10.3 Å². The molecule has 1 aromatic heterocycles. The first kappa shape index (κ1) is 9.73. The Morgan fingerprint density at radius 1 is 1.85 bits per heavy atom. The molecule has 0 saturated carbocycles. The molecule has 1 amide bonds. The van der Waals surface area contributed by atoms with Crippen molar-refractivity contribution in [2.45, 2.75) is 13.0 Å². The van der Waals surface area contributed by atoms with Crippen LogP contribution < -0.4 is 5.32 Å². The quantitative estimate of drug-likeness (QED) is 0.665. The molecule has 5 nitrogen and oxygen atoms in total. The molecular formula is C8H13N3O2. The molecule has 0 unspecified atom stereocenters. The topological polar surface area (TPSA) is 67.2 Å². The van der Waals surface area contributed by atoms with Gasteiger partial charge in [-0.2, -0.15) is 0 Å². The van der Waals surface area contributed by atoms with Crippen LogP contribution in [-0.2, 0) is 7.05 Å². The highest BCUT2D eigenvalue weighted by molar-refractivity contribution is 5.92. The fraction of sp³-hybridized carbons (Fsp3) is 0.500. The van der Waals surface area contributed by atoms with Crippen LogP contribution in [-0.4, -0.2) is 33.2 Å². The lowest BCUT2D eigenvalue weighted by Gasteiger charge is -2.10. The number of rotatable bonds is 3. The van der Waals surface area contributed by atoms with E-state index in [1.807, 2.05) is 0 Å². The van der Waals surface area contributed by atoms with Crippen LogP contribution in [0.3, 0.4) is 0 Å². The molecule has 1 rings (SSSR count). The molecule has 13 heavy (non-hydrogen) atoms. The molecule has 0 aromatic carbocycles. The molecule has 0 aliphatic carbocycles. The smallest absolute Gasteiger partial charge is 0.269 e. The summed E-state index contributed by atoms with van der Waals surface area (Å²) in [6, 6.07) is -0.234. The highest BCUT2D eigenvalue weighted by Crippen LogP contribution is 1.96. The molecule has 0 spiro atoms. The number of aromatic nitrogens is 2. The Hall–Kier alpha value is -1.36. The second kappa shape index (κ2) is 4.04. The van der Waals surface area contributed by atoms with Crippen molar-refractivity contribution in [2.75, 3.05) is 6.61 Å². The van der Waals surface area contributed by atoms with E-state index in [4.69, 9.17) is 5.11 Å². The number of aryl methyl sites for hydroxylation is 1. The minimum Gasteiger partial charge on any atom is -0.394 e. The average molecular weight is 183 g/mol. The van der Waals surface area contributed by atoms with Crippen LogP contribution in [0.2, 0.25) is 0 Å². The Kier molecular flexibility index (Phi) is 3.02. The van der Waals surface area contributed by atoms with Gasteiger partial charge in [-0.3, -0.25) is 4.79 Å². The number of hydrogen-bond acceptors (Lipinski definition) is 3. The predicted molar refractivity (Wildman–Crippen MR) is 47.2 cm³/mol. The van der Waals surface area contributed by atoms with Gasteiger partial charge in [-0.15, -0.1) is 0 Å². The fourth-order valence-electron chi connectivity index (χ4n) is 0.919. The third kappa shape index (κ3) is 2.29. The van der Waals surface area contributed by atoms with Gasteiger partial charge in [0.2, 0.25) is 0 Å². The number of aliphatic hydroxyl groups is 1. The Bertz CT molecular complexity index is 295. The standard InChI is InChI=1S/C8H13N3O2/c1-6(4-12)10-8(13)7-3-9-5-11(7)2/h3,5-6,12H,4H2,1-2H3,(H,10,13)/t6-/m0/s1. The van der Waals surface area contributed by atoms with Crippen LogP contribution in [0.1, 0.15) is 17.4 Å². The van der Waals surface area contributed by atoms with Crippen molar-refractivity contribution in [1.29, 1.82) is 0 Å². The van der Waals surface area contributed by atoms with Gasteiger partial charge in [0.05, 0.1) is 19.1 Å². The van der Waals surface area contributed by atoms with E-state index in [1.54, 1.807) is 24.9 Å². The van der Waals surface area contributed by atoms with Crippen molar-refractivity contribution in [3.63, 3.8) is 0 Å². The van der Waals surface area contributed by atoms with E-state index >= 15 is 0 Å². The number of nitrogens with one attached hydrogen (secondary N) is 1. The van der Waals surface area contributed by atoms with Crippen LogP contribution in [0.5, 0.6) is 0 Å². The van der Waals surface area contributed by atoms with Gasteiger partial charge < -0.3 is 15.0 Å². The van der Waals surface area contributed by atoms with Gasteiger partial charge in [0.25, 0.3) is 5.91 Å². The lowest BCUT2D eigenvalue weighted by molar-refractivity contribution is 0.0914. The van der Waals surface area contributed by atoms with Gasteiger partial charge >= 0.3 is 0 Å². The zero-order valence-electron chi connectivity index (χ0n) is 7.69. The van der Waals surface area contributed by atoms with Crippen LogP contribution in [0.25, 0.3) is 0 Å². The molecule has 0 fully saturated rings. The Morgan fingerprint density at radius 2 is 2.54 bits per heavy atom. The number of carbonyl (C=O) groups excluding carboxylic acids is 1. The summed E-state index contributed by atoms with van der Waals surface area (Å²) in [5, 5.41) is 11.3. The van der Waals surface area contributed by atoms with Crippen LogP contribution >= 0.6 is 0 Å². The first-order valence-corrected chi connectivity index (χ1v) is 4.03. The Balaban J connectivity index is 2.64. The van der Waals surface area contributed by atoms with E-state index < -0.39 is 0 Å². The van der Waals surface area contributed by atoms with E-state index in [0.29, 0.717) is 5.69 Å². The molecule has 1 aromatic rings. The molecular weight excluding hydrogens is 170 g/mol. The molecule has 5 heteroatoms. The predicted octanol–water partition coefficient (Wildman–Crippen LogP) is -0.469. The van der Waals surface area contributed by atoms with Crippen molar-refractivity contribution in [3.05, 3.63) is 18.2 Å². The van der Waals surface area contributed by atoms with E-state index in [1.165, 1.54) is 6.20 Å². The summed E-state index contributed by atoms with van der Waals surface area (Å²) < 4.78 is 1.62. The largest absolute Gasteiger partial charge is 0.394 e. The molecule has 2 N–H and O–H groups in total. The zero-order valence-corrected chi connectivity index (χ0v) is 7.69. The van der Waals surface area contributed by atoms with Gasteiger partial charge in [0.15, 0.2) is 0 Å². The van der Waals surface area contributed by atoms with Crippen molar-refractivity contribution < 1.29 is 9.90 Å². The monoisotopic (exact) mass is 183 g/mol. The van der Waals surface area contributed by atoms with Gasteiger partial charge in [-0.25, -0.2) is 4.98 Å². The summed E-state index contributed by atoms with van der Waals surface area (Å²) in [6.45, 7) is 1.66. The third-order valence-electron chi connectivity index (χ3n) is 1.70.